The fourth-order valence-electron chi connectivity index (χ4n) is 3.42. The van der Waals surface area contributed by atoms with Crippen molar-refractivity contribution in [3.63, 3.8) is 0 Å². The van der Waals surface area contributed by atoms with Gasteiger partial charge >= 0.3 is 12.0 Å². The number of aromatic nitrogens is 1. The topological polar surface area (TPSA) is 96.8 Å². The first-order valence-corrected chi connectivity index (χ1v) is 10.6. The summed E-state index contributed by atoms with van der Waals surface area (Å²) in [6.07, 6.45) is 1.57. The van der Waals surface area contributed by atoms with E-state index in [0.29, 0.717) is 30.4 Å². The van der Waals surface area contributed by atoms with Gasteiger partial charge in [0.1, 0.15) is 17.2 Å². The third-order valence-corrected chi connectivity index (χ3v) is 5.05. The normalized spacial score (nSPS) is 10.6. The van der Waals surface area contributed by atoms with Crippen molar-refractivity contribution >= 4 is 17.7 Å². The van der Waals surface area contributed by atoms with Crippen molar-refractivity contribution < 1.29 is 23.5 Å². The standard InChI is InChI=1S/C24H29N3O5/c1-5-30-19-11-9-18(10-12-19)26-24(29)27(14-20-8-7-13-32-20)15-21-16(3)22(25-17(21)4)23(28)31-6-2/h7-13,25H,5-6,14-15H2,1-4H3,(H,26,29). The van der Waals surface area contributed by atoms with Crippen LogP contribution < -0.4 is 10.1 Å². The summed E-state index contributed by atoms with van der Waals surface area (Å²) in [6, 6.07) is 10.5. The molecule has 0 saturated carbocycles. The number of nitrogens with zero attached hydrogens (tertiary/aromatic N) is 1. The molecule has 2 N–H and O–H groups in total. The lowest BCUT2D eigenvalue weighted by Gasteiger charge is -2.23. The maximum Gasteiger partial charge on any atom is 0.355 e. The summed E-state index contributed by atoms with van der Waals surface area (Å²) >= 11 is 0. The minimum atomic E-state index is -0.407. The smallest absolute Gasteiger partial charge is 0.355 e. The number of H-pyrrole nitrogens is 1. The van der Waals surface area contributed by atoms with Crippen LogP contribution in [-0.2, 0) is 17.8 Å². The molecule has 1 aromatic carbocycles. The summed E-state index contributed by atoms with van der Waals surface area (Å²) in [5, 5.41) is 2.92. The first-order valence-electron chi connectivity index (χ1n) is 10.6. The van der Waals surface area contributed by atoms with Crippen LogP contribution in [0.1, 0.15) is 46.9 Å². The van der Waals surface area contributed by atoms with Crippen molar-refractivity contribution in [2.45, 2.75) is 40.8 Å². The first kappa shape index (κ1) is 23.0. The Kier molecular flexibility index (Phi) is 7.59. The van der Waals surface area contributed by atoms with Crippen molar-refractivity contribution in [1.29, 1.82) is 0 Å². The number of furan rings is 1. The number of rotatable bonds is 9. The van der Waals surface area contributed by atoms with E-state index in [1.54, 1.807) is 36.3 Å². The van der Waals surface area contributed by atoms with Gasteiger partial charge in [0, 0.05) is 17.9 Å². The largest absolute Gasteiger partial charge is 0.494 e. The molecule has 8 nitrogen and oxygen atoms in total. The van der Waals surface area contributed by atoms with E-state index in [2.05, 4.69) is 10.3 Å². The molecule has 0 bridgehead atoms. The molecule has 0 spiro atoms. The molecule has 2 aromatic heterocycles. The Labute approximate surface area is 187 Å². The summed E-state index contributed by atoms with van der Waals surface area (Å²) in [6.45, 7) is 8.83. The van der Waals surface area contributed by atoms with E-state index in [0.717, 1.165) is 22.6 Å². The molecular weight excluding hydrogens is 410 g/mol. The molecule has 0 aliphatic carbocycles. The van der Waals surface area contributed by atoms with Gasteiger partial charge in [0.05, 0.1) is 26.0 Å². The molecule has 2 heterocycles. The highest BCUT2D eigenvalue weighted by molar-refractivity contribution is 5.91. The average Bonchev–Trinajstić information content (AvgIpc) is 3.38. The SMILES string of the molecule is CCOC(=O)c1[nH]c(C)c(CN(Cc2ccco2)C(=O)Nc2ccc(OCC)cc2)c1C. The number of aromatic amines is 1. The van der Waals surface area contributed by atoms with Crippen molar-refractivity contribution in [2.75, 3.05) is 18.5 Å². The van der Waals surface area contributed by atoms with Gasteiger partial charge in [-0.15, -0.1) is 0 Å². The van der Waals surface area contributed by atoms with Gasteiger partial charge in [-0.1, -0.05) is 0 Å². The second kappa shape index (κ2) is 10.6. The summed E-state index contributed by atoms with van der Waals surface area (Å²) < 4.78 is 16.0. The Morgan fingerprint density at radius 2 is 1.81 bits per heavy atom. The van der Waals surface area contributed by atoms with Gasteiger partial charge in [-0.2, -0.15) is 0 Å². The van der Waals surface area contributed by atoms with Crippen LogP contribution in [0.5, 0.6) is 5.75 Å². The van der Waals surface area contributed by atoms with Crippen LogP contribution in [0, 0.1) is 13.8 Å². The number of hydrogen-bond donors (Lipinski definition) is 2. The molecule has 0 fully saturated rings. The van der Waals surface area contributed by atoms with Crippen molar-refractivity contribution in [2.24, 2.45) is 0 Å². The molecule has 32 heavy (non-hydrogen) atoms. The molecule has 3 aromatic rings. The van der Waals surface area contributed by atoms with Gasteiger partial charge < -0.3 is 29.1 Å². The number of ether oxygens (including phenoxy) is 2. The quantitative estimate of drug-likeness (QED) is 0.456. The maximum absolute atomic E-state index is 13.2. The van der Waals surface area contributed by atoms with E-state index in [4.69, 9.17) is 13.9 Å². The van der Waals surface area contributed by atoms with Crippen molar-refractivity contribution in [3.8, 4) is 5.75 Å². The van der Waals surface area contributed by atoms with E-state index in [1.807, 2.05) is 39.0 Å². The van der Waals surface area contributed by atoms with Crippen LogP contribution in [0.25, 0.3) is 0 Å². The van der Waals surface area contributed by atoms with Crippen LogP contribution in [0.3, 0.4) is 0 Å². The Bertz CT molecular complexity index is 1040. The Hall–Kier alpha value is -3.68. The third-order valence-electron chi connectivity index (χ3n) is 5.05. The number of benzene rings is 1. The molecule has 3 rings (SSSR count). The van der Waals surface area contributed by atoms with Crippen LogP contribution in [0.4, 0.5) is 10.5 Å². The maximum atomic E-state index is 13.2. The monoisotopic (exact) mass is 439 g/mol. The molecule has 0 unspecified atom stereocenters. The van der Waals surface area contributed by atoms with E-state index in [1.165, 1.54) is 0 Å². The molecular formula is C24H29N3O5. The zero-order chi connectivity index (χ0) is 23.1. The fraction of sp³-hybridized carbons (Fsp3) is 0.333. The van der Waals surface area contributed by atoms with Crippen LogP contribution >= 0.6 is 0 Å². The Morgan fingerprint density at radius 1 is 1.06 bits per heavy atom. The van der Waals surface area contributed by atoms with Gasteiger partial charge in [0.25, 0.3) is 0 Å². The van der Waals surface area contributed by atoms with Crippen LogP contribution in [0.2, 0.25) is 0 Å². The van der Waals surface area contributed by atoms with Crippen molar-refractivity contribution in [1.82, 2.24) is 9.88 Å². The zero-order valence-corrected chi connectivity index (χ0v) is 18.9. The van der Waals surface area contributed by atoms with Gasteiger partial charge in [0.15, 0.2) is 0 Å². The van der Waals surface area contributed by atoms with Gasteiger partial charge in [-0.3, -0.25) is 0 Å². The number of urea groups is 1. The minimum Gasteiger partial charge on any atom is -0.494 e. The highest BCUT2D eigenvalue weighted by atomic mass is 16.5. The lowest BCUT2D eigenvalue weighted by atomic mass is 10.1. The second-order valence-corrected chi connectivity index (χ2v) is 7.27. The molecule has 2 amide bonds. The molecule has 0 aliphatic heterocycles. The highest BCUT2D eigenvalue weighted by Crippen LogP contribution is 2.23. The summed E-state index contributed by atoms with van der Waals surface area (Å²) in [5.41, 5.74) is 3.49. The Morgan fingerprint density at radius 3 is 2.44 bits per heavy atom. The fourth-order valence-corrected chi connectivity index (χ4v) is 3.42. The van der Waals surface area contributed by atoms with Gasteiger partial charge in [-0.25, -0.2) is 9.59 Å². The molecule has 0 saturated heterocycles. The number of hydrogen-bond acceptors (Lipinski definition) is 5. The molecule has 170 valence electrons. The van der Waals surface area contributed by atoms with E-state index in [-0.39, 0.29) is 19.1 Å². The molecule has 8 heteroatoms. The predicted octanol–water partition coefficient (Wildman–Crippen LogP) is 5.03. The summed E-state index contributed by atoms with van der Waals surface area (Å²) in [7, 11) is 0. The number of anilines is 1. The molecule has 0 radical (unpaired) electrons. The summed E-state index contributed by atoms with van der Waals surface area (Å²) in [5.74, 6) is 0.988. The first-order chi connectivity index (χ1) is 15.4. The van der Waals surface area contributed by atoms with E-state index >= 15 is 0 Å². The number of esters is 1. The lowest BCUT2D eigenvalue weighted by molar-refractivity contribution is 0.0519. The second-order valence-electron chi connectivity index (χ2n) is 7.27. The highest BCUT2D eigenvalue weighted by Gasteiger charge is 2.23. The Balaban J connectivity index is 1.81. The third kappa shape index (κ3) is 5.51. The van der Waals surface area contributed by atoms with Crippen LogP contribution in [0.15, 0.2) is 47.1 Å². The number of amides is 2. The zero-order valence-electron chi connectivity index (χ0n) is 18.9. The lowest BCUT2D eigenvalue weighted by Crippen LogP contribution is -2.34. The number of carbonyl (C=O) groups is 2. The number of nitrogens with one attached hydrogen (secondary N) is 2. The van der Waals surface area contributed by atoms with Gasteiger partial charge in [-0.05, 0) is 75.2 Å². The van der Waals surface area contributed by atoms with Crippen molar-refractivity contribution in [3.05, 3.63) is 70.9 Å². The minimum absolute atomic E-state index is 0.272. The molecule has 0 atom stereocenters. The van der Waals surface area contributed by atoms with E-state index < -0.39 is 5.97 Å². The van der Waals surface area contributed by atoms with E-state index in [9.17, 15) is 9.59 Å². The number of aryl methyl sites for hydroxylation is 1. The number of carbonyl (C=O) groups excluding carboxylic acids is 2. The van der Waals surface area contributed by atoms with Gasteiger partial charge in [0.2, 0.25) is 0 Å². The average molecular weight is 440 g/mol. The predicted molar refractivity (Wildman–Crippen MR) is 121 cm³/mol. The molecule has 0 aliphatic rings. The van der Waals surface area contributed by atoms with Crippen LogP contribution in [-0.4, -0.2) is 35.1 Å². The summed E-state index contributed by atoms with van der Waals surface area (Å²) in [4.78, 5) is 30.1.